The molecule has 0 aliphatic heterocycles. The number of ether oxygens (including phenoxy) is 1. The van der Waals surface area contributed by atoms with Gasteiger partial charge >= 0.3 is 5.97 Å². The van der Waals surface area contributed by atoms with Crippen LogP contribution in [-0.4, -0.2) is 11.0 Å². The molecule has 4 aromatic rings. The van der Waals surface area contributed by atoms with Crippen molar-refractivity contribution >= 4 is 27.4 Å². The van der Waals surface area contributed by atoms with Gasteiger partial charge in [-0.25, -0.2) is 0 Å². The molecule has 0 spiro atoms. The van der Waals surface area contributed by atoms with Gasteiger partial charge in [0.1, 0.15) is 6.61 Å². The molecular formula is C25H25NO2S. The summed E-state index contributed by atoms with van der Waals surface area (Å²) in [5.41, 5.74) is 3.36. The highest BCUT2D eigenvalue weighted by Crippen LogP contribution is 2.35. The standard InChI is InChI=1S/C25H25NO2S/c1-17(2)24(23-15-20-10-6-7-11-22(20)29-23)25(27)28-16-21-19(12-13-26-21)14-18-8-4-3-5-9-18/h3-13,15,17,24,26H,14,16H2,1-2H3. The number of fused-ring (bicyclic) bond motifs is 1. The van der Waals surface area contributed by atoms with Gasteiger partial charge in [-0.2, -0.15) is 0 Å². The molecule has 0 aliphatic rings. The third kappa shape index (κ3) is 4.43. The Morgan fingerprint density at radius 1 is 1.03 bits per heavy atom. The summed E-state index contributed by atoms with van der Waals surface area (Å²) < 4.78 is 6.98. The predicted molar refractivity (Wildman–Crippen MR) is 119 cm³/mol. The number of rotatable bonds is 7. The van der Waals surface area contributed by atoms with Crippen LogP contribution in [0.25, 0.3) is 10.1 Å². The van der Waals surface area contributed by atoms with E-state index in [1.54, 1.807) is 11.3 Å². The van der Waals surface area contributed by atoms with E-state index in [9.17, 15) is 4.79 Å². The van der Waals surface area contributed by atoms with E-state index < -0.39 is 0 Å². The quantitative estimate of drug-likeness (QED) is 0.368. The van der Waals surface area contributed by atoms with Crippen molar-refractivity contribution < 1.29 is 9.53 Å². The maximum absolute atomic E-state index is 13.0. The number of aromatic amines is 1. The number of carbonyl (C=O) groups excluding carboxylic acids is 1. The molecule has 1 atom stereocenters. The number of aromatic nitrogens is 1. The number of H-pyrrole nitrogens is 1. The summed E-state index contributed by atoms with van der Waals surface area (Å²) in [4.78, 5) is 17.3. The van der Waals surface area contributed by atoms with Crippen molar-refractivity contribution in [1.29, 1.82) is 0 Å². The van der Waals surface area contributed by atoms with E-state index in [1.807, 2.05) is 36.5 Å². The molecule has 2 aromatic heterocycles. The molecule has 2 heterocycles. The van der Waals surface area contributed by atoms with E-state index >= 15 is 0 Å². The van der Waals surface area contributed by atoms with Crippen LogP contribution in [0.4, 0.5) is 0 Å². The highest BCUT2D eigenvalue weighted by atomic mass is 32.1. The number of thiophene rings is 1. The molecule has 0 saturated carbocycles. The molecule has 0 bridgehead atoms. The molecule has 29 heavy (non-hydrogen) atoms. The second kappa shape index (κ2) is 8.66. The fourth-order valence-corrected chi connectivity index (χ4v) is 4.98. The van der Waals surface area contributed by atoms with Gasteiger partial charge in [0.2, 0.25) is 0 Å². The fourth-order valence-electron chi connectivity index (χ4n) is 3.66. The summed E-state index contributed by atoms with van der Waals surface area (Å²) in [6.07, 6.45) is 2.73. The molecule has 1 unspecified atom stereocenters. The number of hydrogen-bond donors (Lipinski definition) is 1. The third-order valence-electron chi connectivity index (χ3n) is 5.20. The van der Waals surface area contributed by atoms with Crippen LogP contribution in [-0.2, 0) is 22.6 Å². The largest absolute Gasteiger partial charge is 0.459 e. The highest BCUT2D eigenvalue weighted by Gasteiger charge is 2.28. The minimum atomic E-state index is -0.250. The molecule has 0 amide bonds. The SMILES string of the molecule is CC(C)C(C(=O)OCc1[nH]ccc1Cc1ccccc1)c1cc2ccccc2s1. The highest BCUT2D eigenvalue weighted by molar-refractivity contribution is 7.19. The van der Waals surface area contributed by atoms with Crippen LogP contribution in [0.15, 0.2) is 72.9 Å². The van der Waals surface area contributed by atoms with Crippen molar-refractivity contribution in [3.05, 3.63) is 94.6 Å². The van der Waals surface area contributed by atoms with Crippen LogP contribution in [0.3, 0.4) is 0 Å². The van der Waals surface area contributed by atoms with Crippen LogP contribution in [0, 0.1) is 5.92 Å². The molecule has 148 valence electrons. The summed E-state index contributed by atoms with van der Waals surface area (Å²) in [5.74, 6) is -0.241. The van der Waals surface area contributed by atoms with Crippen LogP contribution in [0.5, 0.6) is 0 Å². The molecule has 0 fully saturated rings. The summed E-state index contributed by atoms with van der Waals surface area (Å²) >= 11 is 1.68. The Morgan fingerprint density at radius 2 is 1.79 bits per heavy atom. The van der Waals surface area contributed by atoms with Gasteiger partial charge < -0.3 is 9.72 Å². The zero-order valence-corrected chi connectivity index (χ0v) is 17.5. The topological polar surface area (TPSA) is 42.1 Å². The summed E-state index contributed by atoms with van der Waals surface area (Å²) in [6, 6.07) is 22.8. The maximum atomic E-state index is 13.0. The molecule has 1 N–H and O–H groups in total. The monoisotopic (exact) mass is 403 g/mol. The van der Waals surface area contributed by atoms with E-state index in [2.05, 4.69) is 55.2 Å². The van der Waals surface area contributed by atoms with Gasteiger partial charge in [-0.05, 0) is 47.1 Å². The van der Waals surface area contributed by atoms with Gasteiger partial charge in [0.05, 0.1) is 11.6 Å². The first kappa shape index (κ1) is 19.5. The average molecular weight is 404 g/mol. The van der Waals surface area contributed by atoms with Gasteiger partial charge in [-0.3, -0.25) is 4.79 Å². The Kier molecular flexibility index (Phi) is 5.81. The fraction of sp³-hybridized carbons (Fsp3) is 0.240. The first-order valence-corrected chi connectivity index (χ1v) is 10.8. The van der Waals surface area contributed by atoms with Crippen molar-refractivity contribution in [3.63, 3.8) is 0 Å². The predicted octanol–water partition coefficient (Wildman–Crippen LogP) is 6.30. The first-order valence-electron chi connectivity index (χ1n) is 9.96. The second-order valence-corrected chi connectivity index (χ2v) is 8.78. The maximum Gasteiger partial charge on any atom is 0.314 e. The summed E-state index contributed by atoms with van der Waals surface area (Å²) in [5, 5.41) is 1.18. The minimum Gasteiger partial charge on any atom is -0.459 e. The van der Waals surface area contributed by atoms with Crippen molar-refractivity contribution in [2.75, 3.05) is 0 Å². The second-order valence-electron chi connectivity index (χ2n) is 7.66. The van der Waals surface area contributed by atoms with Gasteiger partial charge in [0.15, 0.2) is 0 Å². The van der Waals surface area contributed by atoms with Crippen molar-refractivity contribution in [2.24, 2.45) is 5.92 Å². The van der Waals surface area contributed by atoms with E-state index in [0.717, 1.165) is 22.6 Å². The molecular weight excluding hydrogens is 378 g/mol. The number of esters is 1. The Labute approximate surface area is 175 Å². The summed E-state index contributed by atoms with van der Waals surface area (Å²) in [7, 11) is 0. The Bertz CT molecular complexity index is 1060. The molecule has 4 rings (SSSR count). The molecule has 0 saturated heterocycles. The average Bonchev–Trinajstić information content (AvgIpc) is 3.33. The zero-order valence-electron chi connectivity index (χ0n) is 16.7. The lowest BCUT2D eigenvalue weighted by Crippen LogP contribution is -2.20. The molecule has 0 aliphatic carbocycles. The number of hydrogen-bond acceptors (Lipinski definition) is 3. The third-order valence-corrected chi connectivity index (χ3v) is 6.40. The smallest absolute Gasteiger partial charge is 0.314 e. The van der Waals surface area contributed by atoms with E-state index in [-0.39, 0.29) is 24.4 Å². The van der Waals surface area contributed by atoms with Gasteiger partial charge in [0.25, 0.3) is 0 Å². The number of benzene rings is 2. The van der Waals surface area contributed by atoms with Crippen LogP contribution >= 0.6 is 11.3 Å². The van der Waals surface area contributed by atoms with E-state index in [0.29, 0.717) is 0 Å². The lowest BCUT2D eigenvalue weighted by molar-refractivity contribution is -0.148. The summed E-state index contributed by atoms with van der Waals surface area (Å²) in [6.45, 7) is 4.42. The van der Waals surface area contributed by atoms with E-state index in [4.69, 9.17) is 4.74 Å². The van der Waals surface area contributed by atoms with Gasteiger partial charge in [-0.1, -0.05) is 62.4 Å². The van der Waals surface area contributed by atoms with Crippen LogP contribution in [0.1, 0.15) is 41.5 Å². The lowest BCUT2D eigenvalue weighted by atomic mass is 9.94. The first-order chi connectivity index (χ1) is 14.1. The van der Waals surface area contributed by atoms with E-state index in [1.165, 1.54) is 15.6 Å². The molecule has 4 heteroatoms. The Balaban J connectivity index is 1.47. The van der Waals surface area contributed by atoms with Crippen LogP contribution in [0.2, 0.25) is 0 Å². The Morgan fingerprint density at radius 3 is 2.55 bits per heavy atom. The zero-order chi connectivity index (χ0) is 20.2. The number of carbonyl (C=O) groups is 1. The lowest BCUT2D eigenvalue weighted by Gasteiger charge is -2.18. The van der Waals surface area contributed by atoms with Crippen LogP contribution < -0.4 is 0 Å². The number of nitrogens with one attached hydrogen (secondary N) is 1. The van der Waals surface area contributed by atoms with Crippen molar-refractivity contribution in [3.8, 4) is 0 Å². The molecule has 3 nitrogen and oxygen atoms in total. The minimum absolute atomic E-state index is 0.160. The Hall–Kier alpha value is -2.85. The molecule has 0 radical (unpaired) electrons. The van der Waals surface area contributed by atoms with Gasteiger partial charge in [-0.15, -0.1) is 11.3 Å². The van der Waals surface area contributed by atoms with Gasteiger partial charge in [0, 0.05) is 15.8 Å². The van der Waals surface area contributed by atoms with Crippen molar-refractivity contribution in [2.45, 2.75) is 32.8 Å². The van der Waals surface area contributed by atoms with Crippen molar-refractivity contribution in [1.82, 2.24) is 4.98 Å². The normalized spacial score (nSPS) is 12.4. The molecule has 2 aromatic carbocycles.